The molecule has 3 heteroatoms. The van der Waals surface area contributed by atoms with Gasteiger partial charge in [0.25, 0.3) is 0 Å². The normalized spacial score (nSPS) is 8.67. The monoisotopic (exact) mass is 172 g/mol. The van der Waals surface area contributed by atoms with Crippen molar-refractivity contribution in [1.29, 1.82) is 0 Å². The van der Waals surface area contributed by atoms with Crippen molar-refractivity contribution in [2.45, 2.75) is 38.1 Å². The molecule has 1 N–H and O–H groups in total. The summed E-state index contributed by atoms with van der Waals surface area (Å²) in [5.74, 6) is 0. The van der Waals surface area contributed by atoms with Crippen LogP contribution in [0, 0.1) is 0 Å². The number of unbranched alkanes of at least 4 members (excludes halogenated alkanes) is 2. The van der Waals surface area contributed by atoms with E-state index >= 15 is 0 Å². The molecule has 0 unspecified atom stereocenters. The largest absolute Gasteiger partial charge is 0.365 e. The SMILES string of the molecule is CCCCC.OC(Cl)Cl. The third kappa shape index (κ3) is 56.6. The van der Waals surface area contributed by atoms with Crippen LogP contribution in [0.4, 0.5) is 0 Å². The number of alkyl halides is 2. The average molecular weight is 173 g/mol. The lowest BCUT2D eigenvalue weighted by Gasteiger charge is -1.79. The highest BCUT2D eigenvalue weighted by Crippen LogP contribution is 1.90. The summed E-state index contributed by atoms with van der Waals surface area (Å²) < 4.78 is 0. The molecule has 0 rings (SSSR count). The van der Waals surface area contributed by atoms with Crippen LogP contribution in [0.25, 0.3) is 0 Å². The van der Waals surface area contributed by atoms with Gasteiger partial charge in [0.1, 0.15) is 0 Å². The molecule has 0 radical (unpaired) electrons. The number of hydrogen-bond acceptors (Lipinski definition) is 1. The fraction of sp³-hybridized carbons (Fsp3) is 1.00. The molecule has 0 amide bonds. The Morgan fingerprint density at radius 1 is 1.22 bits per heavy atom. The molecule has 0 aromatic rings. The Bertz CT molecular complexity index is 35.3. The lowest BCUT2D eigenvalue weighted by molar-refractivity contribution is 0.333. The zero-order valence-corrected chi connectivity index (χ0v) is 7.41. The Labute approximate surface area is 67.0 Å². The van der Waals surface area contributed by atoms with E-state index < -0.39 is 5.02 Å². The fourth-order valence-corrected chi connectivity index (χ4v) is 0.354. The highest BCUT2D eigenvalue weighted by molar-refractivity contribution is 6.42. The van der Waals surface area contributed by atoms with Gasteiger partial charge >= 0.3 is 0 Å². The molecule has 0 heterocycles. The molecule has 0 aromatic heterocycles. The highest BCUT2D eigenvalue weighted by atomic mass is 35.5. The van der Waals surface area contributed by atoms with Crippen molar-refractivity contribution in [2.75, 3.05) is 0 Å². The van der Waals surface area contributed by atoms with E-state index in [-0.39, 0.29) is 0 Å². The molecule has 0 aromatic carbocycles. The molecule has 0 aliphatic heterocycles. The van der Waals surface area contributed by atoms with E-state index in [9.17, 15) is 0 Å². The first kappa shape index (κ1) is 12.2. The zero-order valence-electron chi connectivity index (χ0n) is 5.90. The highest BCUT2D eigenvalue weighted by Gasteiger charge is 1.76. The maximum Gasteiger partial charge on any atom is 0.204 e. The number of rotatable bonds is 2. The molecule has 0 atom stereocenters. The predicted octanol–water partition coefficient (Wildman–Crippen LogP) is 2.94. The van der Waals surface area contributed by atoms with Crippen molar-refractivity contribution < 1.29 is 5.11 Å². The van der Waals surface area contributed by atoms with E-state index in [1.807, 2.05) is 0 Å². The number of hydrogen-bond donors (Lipinski definition) is 1. The lowest BCUT2D eigenvalue weighted by Crippen LogP contribution is -1.73. The molecular weight excluding hydrogens is 159 g/mol. The zero-order chi connectivity index (χ0) is 7.70. The Hall–Kier alpha value is 0.540. The molecule has 0 saturated heterocycles. The van der Waals surface area contributed by atoms with Crippen LogP contribution in [-0.2, 0) is 0 Å². The summed E-state index contributed by atoms with van der Waals surface area (Å²) in [6.45, 7) is 4.42. The standard InChI is InChI=1S/C5H12.CH2Cl2O/c1-3-5-4-2;2-1(3)4/h3-5H2,1-2H3;1,4H. The summed E-state index contributed by atoms with van der Waals surface area (Å²) in [6.07, 6.45) is 4.08. The van der Waals surface area contributed by atoms with E-state index in [0.717, 1.165) is 0 Å². The van der Waals surface area contributed by atoms with Crippen molar-refractivity contribution in [3.8, 4) is 0 Å². The number of halogens is 2. The van der Waals surface area contributed by atoms with Crippen LogP contribution in [0.5, 0.6) is 0 Å². The predicted molar refractivity (Wildman–Crippen MR) is 42.9 cm³/mol. The summed E-state index contributed by atoms with van der Waals surface area (Å²) >= 11 is 9.19. The van der Waals surface area contributed by atoms with Crippen LogP contribution in [0.2, 0.25) is 0 Å². The van der Waals surface area contributed by atoms with Gasteiger partial charge in [-0.05, 0) is 0 Å². The Morgan fingerprint density at radius 2 is 1.44 bits per heavy atom. The smallest absolute Gasteiger partial charge is 0.204 e. The van der Waals surface area contributed by atoms with Crippen molar-refractivity contribution >= 4 is 23.2 Å². The molecule has 0 aliphatic carbocycles. The minimum absolute atomic E-state index is 1.22. The summed E-state index contributed by atoms with van der Waals surface area (Å²) in [5.41, 5.74) is 0. The van der Waals surface area contributed by atoms with Crippen LogP contribution in [-0.4, -0.2) is 10.1 Å². The van der Waals surface area contributed by atoms with Gasteiger partial charge in [-0.2, -0.15) is 0 Å². The quantitative estimate of drug-likeness (QED) is 0.636. The first-order valence-electron chi connectivity index (χ1n) is 3.11. The molecule has 0 aliphatic rings. The topological polar surface area (TPSA) is 20.2 Å². The summed E-state index contributed by atoms with van der Waals surface area (Å²) in [4.78, 5) is 0. The van der Waals surface area contributed by atoms with Gasteiger partial charge in [0, 0.05) is 0 Å². The van der Waals surface area contributed by atoms with Gasteiger partial charge in [0.2, 0.25) is 5.02 Å². The van der Waals surface area contributed by atoms with E-state index in [1.165, 1.54) is 19.3 Å². The van der Waals surface area contributed by atoms with E-state index in [1.54, 1.807) is 0 Å². The van der Waals surface area contributed by atoms with E-state index in [4.69, 9.17) is 5.11 Å². The number of aliphatic hydroxyl groups excluding tert-OH is 1. The van der Waals surface area contributed by atoms with Crippen LogP contribution in [0.3, 0.4) is 0 Å². The van der Waals surface area contributed by atoms with Crippen LogP contribution >= 0.6 is 23.2 Å². The third-order valence-corrected chi connectivity index (χ3v) is 0.707. The van der Waals surface area contributed by atoms with Crippen LogP contribution < -0.4 is 0 Å². The van der Waals surface area contributed by atoms with Crippen LogP contribution in [0.15, 0.2) is 0 Å². The molecule has 1 nitrogen and oxygen atoms in total. The minimum Gasteiger partial charge on any atom is -0.365 e. The molecule has 0 saturated carbocycles. The fourth-order valence-electron chi connectivity index (χ4n) is 0.354. The van der Waals surface area contributed by atoms with Crippen molar-refractivity contribution in [1.82, 2.24) is 0 Å². The van der Waals surface area contributed by atoms with Gasteiger partial charge in [-0.15, -0.1) is 0 Å². The second kappa shape index (κ2) is 11.4. The second-order valence-corrected chi connectivity index (χ2v) is 2.68. The average Bonchev–Trinajstić information content (AvgIpc) is 1.66. The van der Waals surface area contributed by atoms with Gasteiger partial charge in [0.05, 0.1) is 0 Å². The molecule has 0 bridgehead atoms. The minimum atomic E-state index is -1.22. The second-order valence-electron chi connectivity index (χ2n) is 1.63. The Balaban J connectivity index is 0. The van der Waals surface area contributed by atoms with Gasteiger partial charge in [-0.25, -0.2) is 0 Å². The summed E-state index contributed by atoms with van der Waals surface area (Å²) in [7, 11) is 0. The van der Waals surface area contributed by atoms with Gasteiger partial charge in [-0.3, -0.25) is 0 Å². The molecular formula is C6H14Cl2O. The summed E-state index contributed by atoms with van der Waals surface area (Å²) in [6, 6.07) is 0. The van der Waals surface area contributed by atoms with Crippen molar-refractivity contribution in [3.63, 3.8) is 0 Å². The first-order chi connectivity index (χ1) is 4.15. The van der Waals surface area contributed by atoms with Crippen molar-refractivity contribution in [2.24, 2.45) is 0 Å². The van der Waals surface area contributed by atoms with Crippen molar-refractivity contribution in [3.05, 3.63) is 0 Å². The number of aliphatic hydroxyl groups is 1. The molecule has 58 valence electrons. The Morgan fingerprint density at radius 3 is 1.44 bits per heavy atom. The lowest BCUT2D eigenvalue weighted by atomic mass is 10.3. The maximum atomic E-state index is 7.59. The van der Waals surface area contributed by atoms with E-state index in [0.29, 0.717) is 0 Å². The van der Waals surface area contributed by atoms with Gasteiger partial charge in [0.15, 0.2) is 0 Å². The molecule has 9 heavy (non-hydrogen) atoms. The first-order valence-corrected chi connectivity index (χ1v) is 3.98. The summed E-state index contributed by atoms with van der Waals surface area (Å²) in [5, 5.41) is 6.36. The molecule has 0 spiro atoms. The third-order valence-electron chi connectivity index (χ3n) is 0.707. The molecule has 0 fully saturated rings. The van der Waals surface area contributed by atoms with Gasteiger partial charge in [-0.1, -0.05) is 56.3 Å². The maximum absolute atomic E-state index is 7.59. The van der Waals surface area contributed by atoms with Gasteiger partial charge < -0.3 is 5.11 Å². The van der Waals surface area contributed by atoms with Crippen LogP contribution in [0.1, 0.15) is 33.1 Å². The Kier molecular flexibility index (Phi) is 15.4. The van der Waals surface area contributed by atoms with E-state index in [2.05, 4.69) is 37.0 Å².